The first-order chi connectivity index (χ1) is 11.9. The highest BCUT2D eigenvalue weighted by molar-refractivity contribution is 9.10. The Balaban J connectivity index is 2.03. The van der Waals surface area contributed by atoms with Gasteiger partial charge in [-0.1, -0.05) is 22.0 Å². The first-order valence-electron chi connectivity index (χ1n) is 6.90. The van der Waals surface area contributed by atoms with Gasteiger partial charge in [-0.15, -0.1) is 0 Å². The number of aromatic hydroxyl groups is 1. The number of ether oxygens (including phenoxy) is 1. The summed E-state index contributed by atoms with van der Waals surface area (Å²) in [4.78, 5) is 10.9. The van der Waals surface area contributed by atoms with Crippen molar-refractivity contribution in [2.24, 2.45) is 5.10 Å². The minimum Gasteiger partial charge on any atom is -0.504 e. The number of nitrogens with zero attached hydrogens (tertiary/aromatic N) is 1. The largest absolute Gasteiger partial charge is 0.504 e. The number of hydrogen-bond donors (Lipinski definition) is 4. The highest BCUT2D eigenvalue weighted by Crippen LogP contribution is 2.32. The number of phenolic OH excluding ortho intramolecular Hbond substituents is 1. The van der Waals surface area contributed by atoms with Gasteiger partial charge in [0.1, 0.15) is 0 Å². The van der Waals surface area contributed by atoms with Gasteiger partial charge in [0.2, 0.25) is 0 Å². The summed E-state index contributed by atoms with van der Waals surface area (Å²) in [7, 11) is 1.45. The number of rotatable bonds is 5. The maximum Gasteiger partial charge on any atom is 0.335 e. The van der Waals surface area contributed by atoms with Crippen LogP contribution < -0.4 is 15.5 Å². The van der Waals surface area contributed by atoms with Crippen LogP contribution in [0.2, 0.25) is 0 Å². The fraction of sp³-hybridized carbons (Fsp3) is 0.0625. The van der Waals surface area contributed by atoms with E-state index in [-0.39, 0.29) is 16.4 Å². The molecule has 0 atom stereocenters. The lowest BCUT2D eigenvalue weighted by Crippen LogP contribution is -2.24. The van der Waals surface area contributed by atoms with Gasteiger partial charge >= 0.3 is 5.97 Å². The van der Waals surface area contributed by atoms with Gasteiger partial charge in [0.15, 0.2) is 16.6 Å². The summed E-state index contributed by atoms with van der Waals surface area (Å²) >= 11 is 8.40. The van der Waals surface area contributed by atoms with Gasteiger partial charge < -0.3 is 20.3 Å². The molecule has 9 heteroatoms. The van der Waals surface area contributed by atoms with E-state index in [1.165, 1.54) is 25.5 Å². The van der Waals surface area contributed by atoms with Gasteiger partial charge in [-0.2, -0.15) is 5.10 Å². The molecule has 0 heterocycles. The van der Waals surface area contributed by atoms with Crippen molar-refractivity contribution in [1.29, 1.82) is 0 Å². The Labute approximate surface area is 157 Å². The van der Waals surface area contributed by atoms with Crippen molar-refractivity contribution < 1.29 is 19.7 Å². The Morgan fingerprint density at radius 2 is 2.12 bits per heavy atom. The highest BCUT2D eigenvalue weighted by atomic mass is 79.9. The number of phenols is 1. The Bertz CT molecular complexity index is 842. The Morgan fingerprint density at radius 3 is 2.80 bits per heavy atom. The lowest BCUT2D eigenvalue weighted by atomic mass is 10.2. The third kappa shape index (κ3) is 5.16. The van der Waals surface area contributed by atoms with Crippen molar-refractivity contribution in [3.05, 3.63) is 52.0 Å². The zero-order valence-electron chi connectivity index (χ0n) is 13.0. The van der Waals surface area contributed by atoms with Crippen LogP contribution in [0.1, 0.15) is 15.9 Å². The quantitative estimate of drug-likeness (QED) is 0.332. The molecule has 0 bridgehead atoms. The summed E-state index contributed by atoms with van der Waals surface area (Å²) in [6.07, 6.45) is 1.38. The molecule has 0 unspecified atom stereocenters. The van der Waals surface area contributed by atoms with Crippen molar-refractivity contribution in [1.82, 2.24) is 5.43 Å². The van der Waals surface area contributed by atoms with Crippen LogP contribution in [0.25, 0.3) is 0 Å². The molecule has 0 amide bonds. The molecule has 4 N–H and O–H groups in total. The van der Waals surface area contributed by atoms with Crippen molar-refractivity contribution in [3.63, 3.8) is 0 Å². The normalized spacial score (nSPS) is 10.5. The number of methoxy groups -OCH3 is 1. The van der Waals surface area contributed by atoms with E-state index >= 15 is 0 Å². The minimum atomic E-state index is -1.03. The first-order valence-corrected chi connectivity index (χ1v) is 8.10. The van der Waals surface area contributed by atoms with E-state index in [0.29, 0.717) is 17.0 Å². The molecule has 0 fully saturated rings. The van der Waals surface area contributed by atoms with Gasteiger partial charge in [0, 0.05) is 15.7 Å². The average Bonchev–Trinajstić information content (AvgIpc) is 2.57. The van der Waals surface area contributed by atoms with Crippen molar-refractivity contribution in [2.75, 3.05) is 12.4 Å². The molecular formula is C16H14BrN3O4S. The predicted octanol–water partition coefficient (Wildman–Crippen LogP) is 3.18. The SMILES string of the molecule is COc1cc(Br)cc(/C=N/NC(=S)Nc2cccc(C(=O)O)c2)c1O. The second-order valence-corrected chi connectivity index (χ2v) is 6.08. The van der Waals surface area contributed by atoms with Crippen LogP contribution in [0.3, 0.4) is 0 Å². The van der Waals surface area contributed by atoms with Crippen LogP contribution >= 0.6 is 28.1 Å². The number of halogens is 1. The molecule has 0 aliphatic heterocycles. The molecule has 0 aliphatic carbocycles. The number of aromatic carboxylic acids is 1. The van der Waals surface area contributed by atoms with Gasteiger partial charge in [0.25, 0.3) is 0 Å². The van der Waals surface area contributed by atoms with E-state index in [2.05, 4.69) is 31.8 Å². The van der Waals surface area contributed by atoms with Crippen molar-refractivity contribution >= 4 is 51.1 Å². The third-order valence-corrected chi connectivity index (χ3v) is 3.68. The standard InChI is InChI=1S/C16H14BrN3O4S/c1-24-13-7-11(17)5-10(14(13)21)8-18-20-16(25)19-12-4-2-3-9(6-12)15(22)23/h2-8,21H,1H3,(H,22,23)(H2,19,20,25)/b18-8+. The number of hydrogen-bond acceptors (Lipinski definition) is 5. The van der Waals surface area contributed by atoms with Crippen LogP contribution in [-0.4, -0.2) is 34.6 Å². The molecule has 7 nitrogen and oxygen atoms in total. The molecule has 0 aromatic heterocycles. The zero-order valence-corrected chi connectivity index (χ0v) is 15.4. The van der Waals surface area contributed by atoms with Crippen molar-refractivity contribution in [2.45, 2.75) is 0 Å². The lowest BCUT2D eigenvalue weighted by molar-refractivity contribution is 0.0697. The molecular weight excluding hydrogens is 410 g/mol. The second-order valence-electron chi connectivity index (χ2n) is 4.76. The Kier molecular flexibility index (Phi) is 6.31. The van der Waals surface area contributed by atoms with Gasteiger partial charge in [-0.3, -0.25) is 5.43 Å². The van der Waals surface area contributed by atoms with Crippen LogP contribution in [0.5, 0.6) is 11.5 Å². The number of carboxylic acid groups (broad SMARTS) is 1. The molecule has 130 valence electrons. The minimum absolute atomic E-state index is 0.0516. The van der Waals surface area contributed by atoms with E-state index in [1.54, 1.807) is 24.3 Å². The molecule has 0 aliphatic rings. The van der Waals surface area contributed by atoms with E-state index in [9.17, 15) is 9.90 Å². The number of carbonyl (C=O) groups is 1. The zero-order chi connectivity index (χ0) is 18.4. The number of nitrogens with one attached hydrogen (secondary N) is 2. The first kappa shape index (κ1) is 18.7. The molecule has 2 rings (SSSR count). The Morgan fingerprint density at radius 1 is 1.36 bits per heavy atom. The maximum atomic E-state index is 10.9. The number of anilines is 1. The fourth-order valence-electron chi connectivity index (χ4n) is 1.90. The molecule has 0 spiro atoms. The topological polar surface area (TPSA) is 103 Å². The molecule has 0 saturated carbocycles. The van der Waals surface area contributed by atoms with Crippen LogP contribution in [0, 0.1) is 0 Å². The fourth-order valence-corrected chi connectivity index (χ4v) is 2.52. The molecule has 2 aromatic rings. The monoisotopic (exact) mass is 423 g/mol. The summed E-state index contributed by atoms with van der Waals surface area (Å²) in [5.41, 5.74) is 3.67. The number of hydrazone groups is 1. The van der Waals surface area contributed by atoms with Crippen LogP contribution in [0.4, 0.5) is 5.69 Å². The molecule has 0 radical (unpaired) electrons. The van der Waals surface area contributed by atoms with Gasteiger partial charge in [-0.25, -0.2) is 4.79 Å². The number of carboxylic acids is 1. The molecule has 25 heavy (non-hydrogen) atoms. The van der Waals surface area contributed by atoms with E-state index in [1.807, 2.05) is 0 Å². The van der Waals surface area contributed by atoms with Crippen LogP contribution in [-0.2, 0) is 0 Å². The van der Waals surface area contributed by atoms with Crippen molar-refractivity contribution in [3.8, 4) is 11.5 Å². The second kappa shape index (κ2) is 8.45. The smallest absolute Gasteiger partial charge is 0.335 e. The summed E-state index contributed by atoms with van der Waals surface area (Å²) in [6, 6.07) is 9.49. The van der Waals surface area contributed by atoms with Crippen LogP contribution in [0.15, 0.2) is 46.0 Å². The van der Waals surface area contributed by atoms with E-state index in [0.717, 1.165) is 4.47 Å². The van der Waals surface area contributed by atoms with E-state index < -0.39 is 5.97 Å². The highest BCUT2D eigenvalue weighted by Gasteiger charge is 2.08. The van der Waals surface area contributed by atoms with Gasteiger partial charge in [0.05, 0.1) is 18.9 Å². The summed E-state index contributed by atoms with van der Waals surface area (Å²) in [6.45, 7) is 0. The summed E-state index contributed by atoms with van der Waals surface area (Å²) in [5.74, 6) is -0.772. The van der Waals surface area contributed by atoms with Gasteiger partial charge in [-0.05, 0) is 42.5 Å². The predicted molar refractivity (Wildman–Crippen MR) is 103 cm³/mol. The maximum absolute atomic E-state index is 10.9. The lowest BCUT2D eigenvalue weighted by Gasteiger charge is -2.08. The Hall–Kier alpha value is -2.65. The third-order valence-electron chi connectivity index (χ3n) is 3.03. The average molecular weight is 424 g/mol. The molecule has 0 saturated heterocycles. The molecule has 2 aromatic carbocycles. The van der Waals surface area contributed by atoms with E-state index in [4.69, 9.17) is 22.1 Å². The number of thiocarbonyl (C=S) groups is 1. The summed E-state index contributed by atoms with van der Waals surface area (Å²) < 4.78 is 5.77. The summed E-state index contributed by atoms with van der Waals surface area (Å²) in [5, 5.41) is 25.9. The number of benzene rings is 2.